The lowest BCUT2D eigenvalue weighted by atomic mass is 10.0. The number of carbonyl (C=O) groups excluding carboxylic acids is 1. The van der Waals surface area contributed by atoms with Crippen LogP contribution in [0.25, 0.3) is 0 Å². The number of hydrogen-bond donors (Lipinski definition) is 2. The van der Waals surface area contributed by atoms with E-state index in [1.807, 2.05) is 0 Å². The molecule has 2 heterocycles. The molecule has 1 aromatic rings. The van der Waals surface area contributed by atoms with Crippen LogP contribution in [0.4, 0.5) is 0 Å². The average Bonchev–Trinajstić information content (AvgIpc) is 3.03. The van der Waals surface area contributed by atoms with E-state index in [2.05, 4.69) is 45.9 Å². The quantitative estimate of drug-likeness (QED) is 0.882. The van der Waals surface area contributed by atoms with Crippen LogP contribution in [0, 0.1) is 0 Å². The number of rotatable bonds is 4. The zero-order valence-corrected chi connectivity index (χ0v) is 12.6. The van der Waals surface area contributed by atoms with Crippen LogP contribution in [0.2, 0.25) is 0 Å². The Kier molecular flexibility index (Phi) is 4.88. The summed E-state index contributed by atoms with van der Waals surface area (Å²) in [7, 11) is 0. The number of likely N-dealkylation sites (tertiary alicyclic amines) is 1. The smallest absolute Gasteiger partial charge is 0.237 e. The number of nitrogens with one attached hydrogen (secondary N) is 2. The maximum Gasteiger partial charge on any atom is 0.237 e. The largest absolute Gasteiger partial charge is 0.351 e. The van der Waals surface area contributed by atoms with Crippen molar-refractivity contribution < 1.29 is 4.79 Å². The van der Waals surface area contributed by atoms with Gasteiger partial charge in [0.25, 0.3) is 0 Å². The molecule has 2 atom stereocenters. The number of carbonyl (C=O) groups is 1. The molecule has 0 radical (unpaired) electrons. The minimum absolute atomic E-state index is 0.0366. The minimum atomic E-state index is 0.0366. The summed E-state index contributed by atoms with van der Waals surface area (Å²) in [5.74, 6) is 0.194. The van der Waals surface area contributed by atoms with E-state index in [0.717, 1.165) is 51.9 Å². The van der Waals surface area contributed by atoms with Gasteiger partial charge in [-0.05, 0) is 44.3 Å². The van der Waals surface area contributed by atoms with Crippen molar-refractivity contribution in [1.29, 1.82) is 0 Å². The molecule has 4 nitrogen and oxygen atoms in total. The monoisotopic (exact) mass is 287 g/mol. The van der Waals surface area contributed by atoms with Gasteiger partial charge in [-0.3, -0.25) is 9.69 Å². The van der Waals surface area contributed by atoms with Crippen LogP contribution in [0.15, 0.2) is 30.3 Å². The summed E-state index contributed by atoms with van der Waals surface area (Å²) in [5, 5.41) is 6.50. The Hall–Kier alpha value is -1.39. The number of amides is 1. The van der Waals surface area contributed by atoms with E-state index in [9.17, 15) is 4.79 Å². The molecular weight excluding hydrogens is 262 g/mol. The van der Waals surface area contributed by atoms with Crippen molar-refractivity contribution in [3.05, 3.63) is 35.9 Å². The van der Waals surface area contributed by atoms with Gasteiger partial charge in [0.05, 0.1) is 6.04 Å². The normalized spacial score (nSPS) is 26.7. The van der Waals surface area contributed by atoms with Gasteiger partial charge < -0.3 is 10.6 Å². The molecule has 2 unspecified atom stereocenters. The number of nitrogens with zero attached hydrogens (tertiary/aromatic N) is 1. The van der Waals surface area contributed by atoms with Crippen LogP contribution >= 0.6 is 0 Å². The van der Waals surface area contributed by atoms with Gasteiger partial charge in [-0.25, -0.2) is 0 Å². The molecule has 0 aromatic heterocycles. The summed E-state index contributed by atoms with van der Waals surface area (Å²) < 4.78 is 0. The first kappa shape index (κ1) is 14.5. The Morgan fingerprint density at radius 1 is 1.24 bits per heavy atom. The van der Waals surface area contributed by atoms with Gasteiger partial charge in [0, 0.05) is 19.1 Å². The highest BCUT2D eigenvalue weighted by Gasteiger charge is 2.26. The van der Waals surface area contributed by atoms with E-state index in [1.54, 1.807) is 0 Å². The Morgan fingerprint density at radius 3 is 2.86 bits per heavy atom. The Bertz CT molecular complexity index is 456. The third kappa shape index (κ3) is 4.05. The molecule has 0 spiro atoms. The predicted molar refractivity (Wildman–Crippen MR) is 83.9 cm³/mol. The summed E-state index contributed by atoms with van der Waals surface area (Å²) in [6.07, 6.45) is 4.36. The van der Waals surface area contributed by atoms with Gasteiger partial charge in [0.2, 0.25) is 5.91 Å². The van der Waals surface area contributed by atoms with E-state index in [-0.39, 0.29) is 11.9 Å². The molecule has 0 saturated carbocycles. The lowest BCUT2D eigenvalue weighted by Gasteiger charge is -2.33. The topological polar surface area (TPSA) is 44.4 Å². The molecule has 4 heteroatoms. The first-order chi connectivity index (χ1) is 10.3. The first-order valence-corrected chi connectivity index (χ1v) is 8.11. The van der Waals surface area contributed by atoms with Gasteiger partial charge >= 0.3 is 0 Å². The molecule has 1 amide bonds. The minimum Gasteiger partial charge on any atom is -0.351 e. The van der Waals surface area contributed by atoms with Crippen molar-refractivity contribution in [2.45, 2.75) is 44.3 Å². The van der Waals surface area contributed by atoms with E-state index in [4.69, 9.17) is 0 Å². The molecule has 21 heavy (non-hydrogen) atoms. The van der Waals surface area contributed by atoms with Crippen molar-refractivity contribution >= 4 is 5.91 Å². The fourth-order valence-corrected chi connectivity index (χ4v) is 3.37. The summed E-state index contributed by atoms with van der Waals surface area (Å²) >= 11 is 0. The highest BCUT2D eigenvalue weighted by Crippen LogP contribution is 2.14. The lowest BCUT2D eigenvalue weighted by Crippen LogP contribution is -2.51. The zero-order chi connectivity index (χ0) is 14.5. The molecule has 3 rings (SSSR count). The van der Waals surface area contributed by atoms with Crippen molar-refractivity contribution in [3.8, 4) is 0 Å². The van der Waals surface area contributed by atoms with Crippen LogP contribution < -0.4 is 10.6 Å². The molecule has 2 aliphatic rings. The molecule has 0 aliphatic carbocycles. The van der Waals surface area contributed by atoms with Gasteiger partial charge in [-0.15, -0.1) is 0 Å². The molecule has 2 N–H and O–H groups in total. The molecular formula is C17H25N3O. The van der Waals surface area contributed by atoms with E-state index in [1.165, 1.54) is 5.56 Å². The predicted octanol–water partition coefficient (Wildman–Crippen LogP) is 1.52. The second-order valence-corrected chi connectivity index (χ2v) is 6.22. The van der Waals surface area contributed by atoms with Crippen LogP contribution in [0.1, 0.15) is 31.2 Å². The van der Waals surface area contributed by atoms with Crippen molar-refractivity contribution in [2.24, 2.45) is 0 Å². The zero-order valence-electron chi connectivity index (χ0n) is 12.6. The summed E-state index contributed by atoms with van der Waals surface area (Å²) in [5.41, 5.74) is 1.35. The van der Waals surface area contributed by atoms with Crippen molar-refractivity contribution in [1.82, 2.24) is 15.5 Å². The fraction of sp³-hybridized carbons (Fsp3) is 0.588. The molecule has 2 fully saturated rings. The SMILES string of the molecule is O=C(NC1CCCN(Cc2ccccc2)C1)C1CCCN1. The van der Waals surface area contributed by atoms with E-state index in [0.29, 0.717) is 6.04 Å². The van der Waals surface area contributed by atoms with Crippen LogP contribution in [-0.4, -0.2) is 42.5 Å². The van der Waals surface area contributed by atoms with Crippen LogP contribution in [-0.2, 0) is 11.3 Å². The molecule has 2 aliphatic heterocycles. The van der Waals surface area contributed by atoms with Crippen molar-refractivity contribution in [2.75, 3.05) is 19.6 Å². The second kappa shape index (κ2) is 7.05. The summed E-state index contributed by atoms with van der Waals surface area (Å²) in [6.45, 7) is 4.05. The molecule has 0 bridgehead atoms. The van der Waals surface area contributed by atoms with Gasteiger partial charge in [0.1, 0.15) is 0 Å². The molecule has 114 valence electrons. The number of hydrogen-bond acceptors (Lipinski definition) is 3. The fourth-order valence-electron chi connectivity index (χ4n) is 3.37. The van der Waals surface area contributed by atoms with Crippen LogP contribution in [0.5, 0.6) is 0 Å². The Labute approximate surface area is 126 Å². The molecule has 2 saturated heterocycles. The van der Waals surface area contributed by atoms with Gasteiger partial charge in [0.15, 0.2) is 0 Å². The summed E-state index contributed by atoms with van der Waals surface area (Å²) in [6, 6.07) is 10.9. The summed E-state index contributed by atoms with van der Waals surface area (Å²) in [4.78, 5) is 14.6. The van der Waals surface area contributed by atoms with Gasteiger partial charge in [-0.1, -0.05) is 30.3 Å². The highest BCUT2D eigenvalue weighted by atomic mass is 16.2. The molecule has 1 aromatic carbocycles. The highest BCUT2D eigenvalue weighted by molar-refractivity contribution is 5.82. The van der Waals surface area contributed by atoms with Gasteiger partial charge in [-0.2, -0.15) is 0 Å². The maximum atomic E-state index is 12.2. The third-order valence-corrected chi connectivity index (χ3v) is 4.48. The van der Waals surface area contributed by atoms with E-state index < -0.39 is 0 Å². The number of piperidine rings is 1. The van der Waals surface area contributed by atoms with E-state index >= 15 is 0 Å². The standard InChI is InChI=1S/C17H25N3O/c21-17(16-9-4-10-18-16)19-15-8-5-11-20(13-15)12-14-6-2-1-3-7-14/h1-3,6-7,15-16,18H,4-5,8-13H2,(H,19,21). The second-order valence-electron chi connectivity index (χ2n) is 6.22. The average molecular weight is 287 g/mol. The lowest BCUT2D eigenvalue weighted by molar-refractivity contribution is -0.123. The Morgan fingerprint density at radius 2 is 2.10 bits per heavy atom. The van der Waals surface area contributed by atoms with Crippen LogP contribution in [0.3, 0.4) is 0 Å². The third-order valence-electron chi connectivity index (χ3n) is 4.48. The first-order valence-electron chi connectivity index (χ1n) is 8.11. The Balaban J connectivity index is 1.49. The maximum absolute atomic E-state index is 12.2. The van der Waals surface area contributed by atoms with Crippen molar-refractivity contribution in [3.63, 3.8) is 0 Å². The number of benzene rings is 1.